The van der Waals surface area contributed by atoms with Crippen molar-refractivity contribution in [1.82, 2.24) is 10.2 Å². The molecular formula is C13H26N2O2. The number of esters is 1. The van der Waals surface area contributed by atoms with Gasteiger partial charge in [-0.3, -0.25) is 4.79 Å². The Hall–Kier alpha value is -0.610. The predicted octanol–water partition coefficient (Wildman–Crippen LogP) is 1.40. The lowest BCUT2D eigenvalue weighted by atomic mass is 10.2. The van der Waals surface area contributed by atoms with Crippen molar-refractivity contribution < 1.29 is 9.53 Å². The Kier molecular flexibility index (Phi) is 5.92. The van der Waals surface area contributed by atoms with E-state index in [0.717, 1.165) is 25.9 Å². The van der Waals surface area contributed by atoms with E-state index in [9.17, 15) is 4.79 Å². The number of ether oxygens (including phenoxy) is 1. The van der Waals surface area contributed by atoms with Gasteiger partial charge in [-0.05, 0) is 46.7 Å². The first-order valence-corrected chi connectivity index (χ1v) is 6.68. The third-order valence-corrected chi connectivity index (χ3v) is 3.01. The van der Waals surface area contributed by atoms with Crippen LogP contribution in [0.15, 0.2) is 0 Å². The van der Waals surface area contributed by atoms with Crippen molar-refractivity contribution in [3.63, 3.8) is 0 Å². The average Bonchev–Trinajstić information content (AvgIpc) is 2.65. The molecule has 2 atom stereocenters. The number of rotatable bonds is 6. The van der Waals surface area contributed by atoms with E-state index in [0.29, 0.717) is 6.04 Å². The fraction of sp³-hybridized carbons (Fsp3) is 0.923. The highest BCUT2D eigenvalue weighted by molar-refractivity contribution is 5.76. The first kappa shape index (κ1) is 14.5. The number of hydrogen-bond donors (Lipinski definition) is 1. The van der Waals surface area contributed by atoms with E-state index >= 15 is 0 Å². The second-order valence-electron chi connectivity index (χ2n) is 5.24. The predicted molar refractivity (Wildman–Crippen MR) is 69.0 cm³/mol. The Bertz CT molecular complexity index is 244. The van der Waals surface area contributed by atoms with Crippen LogP contribution in [0.3, 0.4) is 0 Å². The standard InChI is InChI=1S/C13H26N2O2/c1-5-8-15(4)9-11-6-7-12(14-11)13(16)17-10(2)3/h10-12,14H,5-9H2,1-4H3. The van der Waals surface area contributed by atoms with Crippen LogP contribution in [0.5, 0.6) is 0 Å². The van der Waals surface area contributed by atoms with E-state index < -0.39 is 0 Å². The third-order valence-electron chi connectivity index (χ3n) is 3.01. The number of carbonyl (C=O) groups is 1. The number of nitrogens with zero attached hydrogens (tertiary/aromatic N) is 1. The molecule has 0 radical (unpaired) electrons. The summed E-state index contributed by atoms with van der Waals surface area (Å²) in [6.45, 7) is 8.08. The second-order valence-corrected chi connectivity index (χ2v) is 5.24. The molecule has 0 amide bonds. The van der Waals surface area contributed by atoms with Crippen LogP contribution in [-0.2, 0) is 9.53 Å². The van der Waals surface area contributed by atoms with Crippen molar-refractivity contribution in [2.75, 3.05) is 20.1 Å². The number of carbonyl (C=O) groups excluding carboxylic acids is 1. The smallest absolute Gasteiger partial charge is 0.323 e. The first-order chi connectivity index (χ1) is 8.02. The highest BCUT2D eigenvalue weighted by Gasteiger charge is 2.30. The zero-order chi connectivity index (χ0) is 12.8. The average molecular weight is 242 g/mol. The fourth-order valence-corrected chi connectivity index (χ4v) is 2.31. The third kappa shape index (κ3) is 5.04. The summed E-state index contributed by atoms with van der Waals surface area (Å²) < 4.78 is 5.22. The van der Waals surface area contributed by atoms with E-state index in [-0.39, 0.29) is 18.1 Å². The van der Waals surface area contributed by atoms with Crippen molar-refractivity contribution >= 4 is 5.97 Å². The van der Waals surface area contributed by atoms with Gasteiger partial charge < -0.3 is 15.0 Å². The lowest BCUT2D eigenvalue weighted by Crippen LogP contribution is -2.42. The summed E-state index contributed by atoms with van der Waals surface area (Å²) in [5.41, 5.74) is 0. The van der Waals surface area contributed by atoms with E-state index in [4.69, 9.17) is 4.74 Å². The van der Waals surface area contributed by atoms with E-state index in [1.54, 1.807) is 0 Å². The van der Waals surface area contributed by atoms with Crippen LogP contribution < -0.4 is 5.32 Å². The van der Waals surface area contributed by atoms with Crippen LogP contribution in [0.25, 0.3) is 0 Å². The molecule has 4 nitrogen and oxygen atoms in total. The number of likely N-dealkylation sites (N-methyl/N-ethyl adjacent to an activating group) is 1. The highest BCUT2D eigenvalue weighted by Crippen LogP contribution is 2.15. The summed E-state index contributed by atoms with van der Waals surface area (Å²) in [6.07, 6.45) is 3.11. The maximum Gasteiger partial charge on any atom is 0.323 e. The molecule has 1 rings (SSSR count). The molecule has 0 aromatic carbocycles. The van der Waals surface area contributed by atoms with Gasteiger partial charge in [0, 0.05) is 12.6 Å². The molecule has 4 heteroatoms. The quantitative estimate of drug-likeness (QED) is 0.715. The molecule has 100 valence electrons. The summed E-state index contributed by atoms with van der Waals surface area (Å²) in [4.78, 5) is 14.0. The van der Waals surface area contributed by atoms with Gasteiger partial charge in [-0.25, -0.2) is 0 Å². The molecule has 0 aliphatic carbocycles. The molecule has 0 aromatic rings. The summed E-state index contributed by atoms with van der Waals surface area (Å²) >= 11 is 0. The largest absolute Gasteiger partial charge is 0.462 e. The summed E-state index contributed by atoms with van der Waals surface area (Å²) in [6, 6.07) is 0.327. The molecule has 1 saturated heterocycles. The van der Waals surface area contributed by atoms with Crippen molar-refractivity contribution in [2.24, 2.45) is 0 Å². The maximum atomic E-state index is 11.7. The number of nitrogens with one attached hydrogen (secondary N) is 1. The molecule has 2 unspecified atom stereocenters. The van der Waals surface area contributed by atoms with Gasteiger partial charge in [0.15, 0.2) is 0 Å². The lowest BCUT2D eigenvalue weighted by molar-refractivity contribution is -0.149. The minimum atomic E-state index is -0.0996. The van der Waals surface area contributed by atoms with Crippen LogP contribution in [0.2, 0.25) is 0 Å². The van der Waals surface area contributed by atoms with Gasteiger partial charge in [0.1, 0.15) is 6.04 Å². The molecule has 0 saturated carbocycles. The Labute approximate surface area is 105 Å². The normalized spacial score (nSPS) is 24.6. The Morgan fingerprint density at radius 2 is 2.18 bits per heavy atom. The van der Waals surface area contributed by atoms with Gasteiger partial charge in [-0.1, -0.05) is 6.92 Å². The topological polar surface area (TPSA) is 41.6 Å². The minimum absolute atomic E-state index is 0.0221. The molecule has 0 bridgehead atoms. The Morgan fingerprint density at radius 3 is 2.76 bits per heavy atom. The molecule has 1 heterocycles. The summed E-state index contributed by atoms with van der Waals surface area (Å²) in [7, 11) is 2.13. The van der Waals surface area contributed by atoms with Crippen LogP contribution in [0, 0.1) is 0 Å². The highest BCUT2D eigenvalue weighted by atomic mass is 16.5. The second kappa shape index (κ2) is 6.97. The van der Waals surface area contributed by atoms with Crippen molar-refractivity contribution in [3.05, 3.63) is 0 Å². The lowest BCUT2D eigenvalue weighted by Gasteiger charge is -2.21. The van der Waals surface area contributed by atoms with Crippen LogP contribution in [-0.4, -0.2) is 49.2 Å². The van der Waals surface area contributed by atoms with Gasteiger partial charge >= 0.3 is 5.97 Å². The van der Waals surface area contributed by atoms with Crippen molar-refractivity contribution in [1.29, 1.82) is 0 Å². The Morgan fingerprint density at radius 1 is 1.47 bits per heavy atom. The van der Waals surface area contributed by atoms with Gasteiger partial charge in [0.05, 0.1) is 6.10 Å². The molecule has 17 heavy (non-hydrogen) atoms. The first-order valence-electron chi connectivity index (χ1n) is 6.68. The molecule has 0 aromatic heterocycles. The Balaban J connectivity index is 2.29. The fourth-order valence-electron chi connectivity index (χ4n) is 2.31. The van der Waals surface area contributed by atoms with Crippen LogP contribution in [0.1, 0.15) is 40.0 Å². The summed E-state index contributed by atoms with van der Waals surface area (Å²) in [5, 5.41) is 3.37. The van der Waals surface area contributed by atoms with Gasteiger partial charge in [-0.2, -0.15) is 0 Å². The van der Waals surface area contributed by atoms with Crippen LogP contribution in [0.4, 0.5) is 0 Å². The summed E-state index contributed by atoms with van der Waals surface area (Å²) in [5.74, 6) is -0.0966. The van der Waals surface area contributed by atoms with Crippen molar-refractivity contribution in [3.8, 4) is 0 Å². The van der Waals surface area contributed by atoms with E-state index in [2.05, 4.69) is 24.2 Å². The molecule has 1 fully saturated rings. The molecular weight excluding hydrogens is 216 g/mol. The van der Waals surface area contributed by atoms with Gasteiger partial charge in [0.25, 0.3) is 0 Å². The van der Waals surface area contributed by atoms with Crippen molar-refractivity contribution in [2.45, 2.75) is 58.2 Å². The SMILES string of the molecule is CCCN(C)CC1CCC(C(=O)OC(C)C)N1. The van der Waals surface area contributed by atoms with Gasteiger partial charge in [0.2, 0.25) is 0 Å². The zero-order valence-electron chi connectivity index (χ0n) is 11.5. The van der Waals surface area contributed by atoms with E-state index in [1.165, 1.54) is 6.42 Å². The molecule has 1 aliphatic heterocycles. The molecule has 1 aliphatic rings. The maximum absolute atomic E-state index is 11.7. The number of hydrogen-bond acceptors (Lipinski definition) is 4. The molecule has 0 spiro atoms. The van der Waals surface area contributed by atoms with E-state index in [1.807, 2.05) is 13.8 Å². The minimum Gasteiger partial charge on any atom is -0.462 e. The molecule has 1 N–H and O–H groups in total. The monoisotopic (exact) mass is 242 g/mol. The van der Waals surface area contributed by atoms with Crippen LogP contribution >= 0.6 is 0 Å². The van der Waals surface area contributed by atoms with Gasteiger partial charge in [-0.15, -0.1) is 0 Å². The zero-order valence-corrected chi connectivity index (χ0v) is 11.5.